The van der Waals surface area contributed by atoms with Crippen molar-refractivity contribution in [3.05, 3.63) is 48.5 Å². The largest absolute Gasteiger partial charge is 0.388 e. The highest BCUT2D eigenvalue weighted by Crippen LogP contribution is 2.36. The highest BCUT2D eigenvalue weighted by molar-refractivity contribution is 5.81. The average Bonchev–Trinajstić information content (AvgIpc) is 3.33. The lowest BCUT2D eigenvalue weighted by atomic mass is 10.1. The number of halogens is 1. The molecule has 7 heteroatoms. The van der Waals surface area contributed by atoms with Crippen LogP contribution in [0.15, 0.2) is 42.7 Å². The third kappa shape index (κ3) is 2.27. The predicted molar refractivity (Wildman–Crippen MR) is 87.4 cm³/mol. The Labute approximate surface area is 142 Å². The van der Waals surface area contributed by atoms with Crippen molar-refractivity contribution >= 4 is 10.9 Å². The molecule has 2 aliphatic rings. The summed E-state index contributed by atoms with van der Waals surface area (Å²) in [5, 5.41) is 10.7. The molecule has 2 fully saturated rings. The summed E-state index contributed by atoms with van der Waals surface area (Å²) < 4.78 is 27.4. The van der Waals surface area contributed by atoms with Gasteiger partial charge in [-0.3, -0.25) is 0 Å². The highest BCUT2D eigenvalue weighted by Gasteiger charge is 2.48. The smallest absolute Gasteiger partial charge is 0.159 e. The number of benzene rings is 1. The average molecular weight is 341 g/mol. The van der Waals surface area contributed by atoms with Crippen LogP contribution in [0.2, 0.25) is 0 Å². The molecule has 0 radical (unpaired) electrons. The molecule has 128 valence electrons. The molecule has 5 rings (SSSR count). The van der Waals surface area contributed by atoms with Crippen molar-refractivity contribution in [1.82, 2.24) is 14.5 Å². The molecule has 4 atom stereocenters. The number of hydrogen-bond acceptors (Lipinski definition) is 5. The first kappa shape index (κ1) is 14.9. The number of para-hydroxylation sites is 1. The summed E-state index contributed by atoms with van der Waals surface area (Å²) in [6, 6.07) is 8.46. The zero-order chi connectivity index (χ0) is 17.0. The molecule has 2 aliphatic heterocycles. The van der Waals surface area contributed by atoms with E-state index in [1.807, 2.05) is 29.0 Å². The van der Waals surface area contributed by atoms with Gasteiger partial charge in [0.05, 0.1) is 19.3 Å². The number of aliphatic hydroxyl groups is 1. The fraction of sp³-hybridized carbons (Fsp3) is 0.333. The van der Waals surface area contributed by atoms with E-state index in [4.69, 9.17) is 9.47 Å². The lowest BCUT2D eigenvalue weighted by Gasteiger charge is -2.19. The number of nitrogens with zero attached hydrogens (tertiary/aromatic N) is 3. The molecule has 1 N–H and O–H groups in total. The Morgan fingerprint density at radius 1 is 1.12 bits per heavy atom. The van der Waals surface area contributed by atoms with Gasteiger partial charge in [-0.2, -0.15) is 0 Å². The molecular formula is C18H16FN3O3. The minimum Gasteiger partial charge on any atom is -0.388 e. The Bertz CT molecular complexity index is 944. The zero-order valence-corrected chi connectivity index (χ0v) is 13.2. The fourth-order valence-corrected chi connectivity index (χ4v) is 3.71. The van der Waals surface area contributed by atoms with Crippen LogP contribution in [0, 0.1) is 5.82 Å². The van der Waals surface area contributed by atoms with Crippen LogP contribution in [0.4, 0.5) is 4.39 Å². The van der Waals surface area contributed by atoms with E-state index in [1.54, 1.807) is 12.3 Å². The third-order valence-electron chi connectivity index (χ3n) is 4.93. The molecule has 0 amide bonds. The Hall–Kier alpha value is -2.35. The molecule has 0 spiro atoms. The van der Waals surface area contributed by atoms with E-state index >= 15 is 0 Å². The second kappa shape index (κ2) is 5.59. The quantitative estimate of drug-likeness (QED) is 0.771. The van der Waals surface area contributed by atoms with Crippen molar-refractivity contribution in [3.63, 3.8) is 0 Å². The van der Waals surface area contributed by atoms with E-state index in [9.17, 15) is 9.50 Å². The molecule has 0 aliphatic carbocycles. The van der Waals surface area contributed by atoms with E-state index in [0.717, 1.165) is 5.39 Å². The van der Waals surface area contributed by atoms with Gasteiger partial charge in [0.2, 0.25) is 0 Å². The maximum absolute atomic E-state index is 14.1. The number of hydrogen-bond donors (Lipinski definition) is 1. The van der Waals surface area contributed by atoms with E-state index in [2.05, 4.69) is 9.97 Å². The lowest BCUT2D eigenvalue weighted by Crippen LogP contribution is -2.30. The Morgan fingerprint density at radius 3 is 2.92 bits per heavy atom. The summed E-state index contributed by atoms with van der Waals surface area (Å²) in [6.45, 7) is 0.701. The van der Waals surface area contributed by atoms with E-state index in [1.165, 1.54) is 6.07 Å². The van der Waals surface area contributed by atoms with Gasteiger partial charge >= 0.3 is 0 Å². The SMILES string of the molecule is O[C@@H]1CO[C@H]2[C@@H]1OC[C@@H]2n1ccnc1-c1ccc2cccc(F)c2n1. The highest BCUT2D eigenvalue weighted by atomic mass is 19.1. The van der Waals surface area contributed by atoms with Crippen LogP contribution >= 0.6 is 0 Å². The van der Waals surface area contributed by atoms with Crippen LogP contribution in [0.1, 0.15) is 6.04 Å². The van der Waals surface area contributed by atoms with E-state index in [0.29, 0.717) is 23.6 Å². The minimum atomic E-state index is -0.602. The van der Waals surface area contributed by atoms with Crippen LogP contribution < -0.4 is 0 Å². The molecular weight excluding hydrogens is 325 g/mol. The van der Waals surface area contributed by atoms with Crippen molar-refractivity contribution in [2.75, 3.05) is 13.2 Å². The predicted octanol–water partition coefficient (Wildman–Crippen LogP) is 1.94. The van der Waals surface area contributed by atoms with Gasteiger partial charge in [-0.15, -0.1) is 0 Å². The lowest BCUT2D eigenvalue weighted by molar-refractivity contribution is 0.0172. The van der Waals surface area contributed by atoms with Crippen molar-refractivity contribution in [1.29, 1.82) is 0 Å². The number of fused-ring (bicyclic) bond motifs is 2. The van der Waals surface area contributed by atoms with Crippen LogP contribution in [-0.4, -0.2) is 51.2 Å². The van der Waals surface area contributed by atoms with Gasteiger partial charge in [0.15, 0.2) is 5.82 Å². The Kier molecular flexibility index (Phi) is 3.34. The molecule has 25 heavy (non-hydrogen) atoms. The van der Waals surface area contributed by atoms with Gasteiger partial charge in [-0.05, 0) is 12.1 Å². The van der Waals surface area contributed by atoms with Gasteiger partial charge in [0.1, 0.15) is 35.3 Å². The molecule has 4 heterocycles. The van der Waals surface area contributed by atoms with Gasteiger partial charge in [-0.1, -0.05) is 18.2 Å². The Balaban J connectivity index is 1.57. The van der Waals surface area contributed by atoms with Crippen molar-refractivity contribution in [2.24, 2.45) is 0 Å². The number of aromatic nitrogens is 3. The minimum absolute atomic E-state index is 0.0993. The first-order valence-electron chi connectivity index (χ1n) is 8.22. The number of imidazole rings is 1. The molecule has 0 bridgehead atoms. The fourth-order valence-electron chi connectivity index (χ4n) is 3.71. The molecule has 0 saturated carbocycles. The third-order valence-corrected chi connectivity index (χ3v) is 4.93. The second-order valence-electron chi connectivity index (χ2n) is 6.40. The molecule has 3 aromatic rings. The topological polar surface area (TPSA) is 69.4 Å². The van der Waals surface area contributed by atoms with Crippen LogP contribution in [0.5, 0.6) is 0 Å². The first-order valence-corrected chi connectivity index (χ1v) is 8.22. The van der Waals surface area contributed by atoms with Crippen LogP contribution in [0.25, 0.3) is 22.4 Å². The number of aliphatic hydroxyl groups excluding tert-OH is 1. The number of ether oxygens (including phenoxy) is 2. The number of rotatable bonds is 2. The van der Waals surface area contributed by atoms with Gasteiger partial charge in [0.25, 0.3) is 0 Å². The molecule has 6 nitrogen and oxygen atoms in total. The Morgan fingerprint density at radius 2 is 2.00 bits per heavy atom. The number of pyridine rings is 1. The second-order valence-corrected chi connectivity index (χ2v) is 6.40. The molecule has 0 unspecified atom stereocenters. The van der Waals surface area contributed by atoms with Crippen LogP contribution in [0.3, 0.4) is 0 Å². The summed E-state index contributed by atoms with van der Waals surface area (Å²) in [7, 11) is 0. The molecule has 2 aromatic heterocycles. The standard InChI is InChI=1S/C18H16FN3O3/c19-11-3-1-2-10-4-5-12(21-15(10)11)18-20-6-7-22(18)13-8-24-17-14(23)9-25-16(13)17/h1-7,13-14,16-17,23H,8-9H2/t13-,14+,16+,17+/m0/s1. The van der Waals surface area contributed by atoms with Crippen LogP contribution in [-0.2, 0) is 9.47 Å². The monoisotopic (exact) mass is 341 g/mol. The van der Waals surface area contributed by atoms with Crippen molar-refractivity contribution in [2.45, 2.75) is 24.4 Å². The van der Waals surface area contributed by atoms with Gasteiger partial charge in [0, 0.05) is 17.8 Å². The van der Waals surface area contributed by atoms with E-state index < -0.39 is 6.10 Å². The zero-order valence-electron chi connectivity index (χ0n) is 13.2. The maximum Gasteiger partial charge on any atom is 0.159 e. The first-order chi connectivity index (χ1) is 12.2. The van der Waals surface area contributed by atoms with Crippen molar-refractivity contribution < 1.29 is 19.0 Å². The van der Waals surface area contributed by atoms with Crippen molar-refractivity contribution in [3.8, 4) is 11.5 Å². The maximum atomic E-state index is 14.1. The summed E-state index contributed by atoms with van der Waals surface area (Å²) in [5.74, 6) is 0.272. The molecule has 1 aromatic carbocycles. The summed E-state index contributed by atoms with van der Waals surface area (Å²) in [6.07, 6.45) is 2.38. The van der Waals surface area contributed by atoms with E-state index in [-0.39, 0.29) is 30.7 Å². The summed E-state index contributed by atoms with van der Waals surface area (Å²) in [4.78, 5) is 8.87. The normalized spacial score (nSPS) is 28.6. The van der Waals surface area contributed by atoms with Gasteiger partial charge < -0.3 is 19.1 Å². The molecule has 2 saturated heterocycles. The summed E-state index contributed by atoms with van der Waals surface area (Å²) in [5.41, 5.74) is 0.909. The van der Waals surface area contributed by atoms with Gasteiger partial charge in [-0.25, -0.2) is 14.4 Å². The summed E-state index contributed by atoms with van der Waals surface area (Å²) >= 11 is 0.